The summed E-state index contributed by atoms with van der Waals surface area (Å²) in [6, 6.07) is 1.72. The summed E-state index contributed by atoms with van der Waals surface area (Å²) in [6.45, 7) is 0.584. The Morgan fingerprint density at radius 2 is 2.38 bits per heavy atom. The Morgan fingerprint density at radius 3 is 3.00 bits per heavy atom. The molecule has 16 heavy (non-hydrogen) atoms. The van der Waals surface area contributed by atoms with Crippen molar-refractivity contribution in [3.63, 3.8) is 0 Å². The second-order valence-electron chi connectivity index (χ2n) is 3.21. The third-order valence-corrected chi connectivity index (χ3v) is 4.30. The maximum atomic E-state index is 11.6. The van der Waals surface area contributed by atoms with Crippen molar-refractivity contribution >= 4 is 28.1 Å². The molecule has 1 atom stereocenters. The quantitative estimate of drug-likeness (QED) is 0.760. The van der Waals surface area contributed by atoms with Gasteiger partial charge in [-0.2, -0.15) is 0 Å². The van der Waals surface area contributed by atoms with E-state index >= 15 is 0 Å². The molecule has 4 nitrogen and oxygen atoms in total. The molecule has 1 aromatic heterocycles. The topological polar surface area (TPSA) is 63.6 Å². The van der Waals surface area contributed by atoms with Gasteiger partial charge in [-0.1, -0.05) is 0 Å². The van der Waals surface area contributed by atoms with Crippen LogP contribution in [0.5, 0.6) is 0 Å². The van der Waals surface area contributed by atoms with E-state index in [4.69, 9.17) is 9.84 Å². The molecule has 1 unspecified atom stereocenters. The van der Waals surface area contributed by atoms with Gasteiger partial charge in [0.25, 0.3) is 0 Å². The standard InChI is InChI=1S/C10H14O4S2/c1-14-4-2-6-16(13)7-8-3-5-15-9(8)10(11)12/h3,5H,2,4,6-7H2,1H3,(H,11,12). The predicted molar refractivity (Wildman–Crippen MR) is 64.5 cm³/mol. The summed E-state index contributed by atoms with van der Waals surface area (Å²) < 4.78 is 16.5. The molecule has 0 amide bonds. The van der Waals surface area contributed by atoms with Gasteiger partial charge < -0.3 is 9.84 Å². The van der Waals surface area contributed by atoms with Gasteiger partial charge in [-0.3, -0.25) is 4.21 Å². The van der Waals surface area contributed by atoms with Gasteiger partial charge in [-0.15, -0.1) is 11.3 Å². The summed E-state index contributed by atoms with van der Waals surface area (Å²) in [5.74, 6) is -0.0867. The molecule has 0 saturated carbocycles. The van der Waals surface area contributed by atoms with Gasteiger partial charge >= 0.3 is 5.97 Å². The van der Waals surface area contributed by atoms with Gasteiger partial charge in [-0.25, -0.2) is 4.79 Å². The number of methoxy groups -OCH3 is 1. The summed E-state index contributed by atoms with van der Waals surface area (Å²) >= 11 is 1.17. The molecule has 0 spiro atoms. The van der Waals surface area contributed by atoms with Crippen LogP contribution in [0.15, 0.2) is 11.4 Å². The average molecular weight is 262 g/mol. The molecule has 0 bridgehead atoms. The number of carbonyl (C=O) groups is 1. The molecule has 0 aliphatic carbocycles. The van der Waals surface area contributed by atoms with Gasteiger partial charge in [0.2, 0.25) is 0 Å². The van der Waals surface area contributed by atoms with Crippen LogP contribution in [0.4, 0.5) is 0 Å². The fourth-order valence-electron chi connectivity index (χ4n) is 1.25. The highest BCUT2D eigenvalue weighted by molar-refractivity contribution is 7.84. The summed E-state index contributed by atoms with van der Waals surface area (Å²) in [5.41, 5.74) is 0.660. The zero-order chi connectivity index (χ0) is 12.0. The van der Waals surface area contributed by atoms with Gasteiger partial charge in [0.05, 0.1) is 5.75 Å². The molecule has 0 saturated heterocycles. The van der Waals surface area contributed by atoms with Gasteiger partial charge in [0.1, 0.15) is 4.88 Å². The van der Waals surface area contributed by atoms with E-state index in [0.717, 1.165) is 6.42 Å². The first kappa shape index (κ1) is 13.3. The van der Waals surface area contributed by atoms with Crippen LogP contribution in [0.1, 0.15) is 21.7 Å². The summed E-state index contributed by atoms with van der Waals surface area (Å²) in [5, 5.41) is 10.6. The van der Waals surface area contributed by atoms with E-state index in [9.17, 15) is 9.00 Å². The van der Waals surface area contributed by atoms with Crippen molar-refractivity contribution in [1.82, 2.24) is 0 Å². The van der Waals surface area contributed by atoms with E-state index in [2.05, 4.69) is 0 Å². The Labute approximate surface area is 101 Å². The van der Waals surface area contributed by atoms with Gasteiger partial charge in [0.15, 0.2) is 0 Å². The molecule has 0 aliphatic heterocycles. The molecule has 1 rings (SSSR count). The van der Waals surface area contributed by atoms with Crippen LogP contribution in [0, 0.1) is 0 Å². The van der Waals surface area contributed by atoms with Crippen LogP contribution < -0.4 is 0 Å². The number of hydrogen-bond donors (Lipinski definition) is 1. The molecule has 0 aromatic carbocycles. The average Bonchev–Trinajstić information content (AvgIpc) is 2.66. The minimum atomic E-state index is -1.01. The van der Waals surface area contributed by atoms with Crippen molar-refractivity contribution in [1.29, 1.82) is 0 Å². The Morgan fingerprint density at radius 1 is 1.62 bits per heavy atom. The lowest BCUT2D eigenvalue weighted by Crippen LogP contribution is -2.06. The molecule has 6 heteroatoms. The first-order valence-corrected chi connectivity index (χ1v) is 7.15. The largest absolute Gasteiger partial charge is 0.477 e. The maximum Gasteiger partial charge on any atom is 0.346 e. The zero-order valence-electron chi connectivity index (χ0n) is 8.97. The lowest BCUT2D eigenvalue weighted by atomic mass is 10.3. The Balaban J connectivity index is 2.49. The molecule has 0 radical (unpaired) electrons. The number of thiophene rings is 1. The number of hydrogen-bond acceptors (Lipinski definition) is 4. The van der Waals surface area contributed by atoms with Crippen molar-refractivity contribution in [3.05, 3.63) is 21.9 Å². The van der Waals surface area contributed by atoms with E-state index in [0.29, 0.717) is 28.6 Å². The third kappa shape index (κ3) is 4.03. The molecule has 1 N–H and O–H groups in total. The molecular weight excluding hydrogens is 248 g/mol. The predicted octanol–water partition coefficient (Wildman–Crippen LogP) is 1.73. The lowest BCUT2D eigenvalue weighted by molar-refractivity contribution is 0.0701. The number of carboxylic acids is 1. The fourth-order valence-corrected chi connectivity index (χ4v) is 3.27. The molecule has 1 heterocycles. The van der Waals surface area contributed by atoms with Crippen molar-refractivity contribution in [2.75, 3.05) is 19.5 Å². The minimum absolute atomic E-state index is 0.292. The van der Waals surface area contributed by atoms with Crippen molar-refractivity contribution in [2.45, 2.75) is 12.2 Å². The van der Waals surface area contributed by atoms with E-state index in [1.807, 2.05) is 0 Å². The van der Waals surface area contributed by atoms with Crippen LogP contribution in [0.25, 0.3) is 0 Å². The van der Waals surface area contributed by atoms with Gasteiger partial charge in [0, 0.05) is 30.3 Å². The molecular formula is C10H14O4S2. The second-order valence-corrected chi connectivity index (χ2v) is 5.71. The van der Waals surface area contributed by atoms with E-state index in [1.54, 1.807) is 18.6 Å². The highest BCUT2D eigenvalue weighted by Crippen LogP contribution is 2.18. The van der Waals surface area contributed by atoms with Crippen LogP contribution in [0.3, 0.4) is 0 Å². The van der Waals surface area contributed by atoms with Crippen LogP contribution >= 0.6 is 11.3 Å². The Hall–Kier alpha value is -0.720. The van der Waals surface area contributed by atoms with Crippen LogP contribution in [-0.4, -0.2) is 34.8 Å². The van der Waals surface area contributed by atoms with Gasteiger partial charge in [-0.05, 0) is 23.4 Å². The minimum Gasteiger partial charge on any atom is -0.477 e. The monoisotopic (exact) mass is 262 g/mol. The third-order valence-electron chi connectivity index (χ3n) is 1.98. The summed E-state index contributed by atoms with van der Waals surface area (Å²) in [6.07, 6.45) is 0.732. The van der Waals surface area contributed by atoms with Crippen molar-refractivity contribution < 1.29 is 18.8 Å². The van der Waals surface area contributed by atoms with Crippen LogP contribution in [-0.2, 0) is 21.3 Å². The summed E-state index contributed by atoms with van der Waals surface area (Å²) in [4.78, 5) is 11.1. The van der Waals surface area contributed by atoms with Crippen LogP contribution in [0.2, 0.25) is 0 Å². The molecule has 0 fully saturated rings. The normalized spacial score (nSPS) is 12.6. The number of aromatic carboxylic acids is 1. The van der Waals surface area contributed by atoms with E-state index < -0.39 is 16.8 Å². The molecule has 0 aliphatic rings. The Kier molecular flexibility index (Phi) is 5.65. The lowest BCUT2D eigenvalue weighted by Gasteiger charge is -2.01. The zero-order valence-corrected chi connectivity index (χ0v) is 10.6. The SMILES string of the molecule is COCCCS(=O)Cc1ccsc1C(=O)O. The Bertz CT molecular complexity index is 373. The van der Waals surface area contributed by atoms with Crippen molar-refractivity contribution in [3.8, 4) is 0 Å². The number of carboxylic acid groups (broad SMARTS) is 1. The summed E-state index contributed by atoms with van der Waals surface area (Å²) in [7, 11) is 0.587. The fraction of sp³-hybridized carbons (Fsp3) is 0.500. The van der Waals surface area contributed by atoms with E-state index in [1.165, 1.54) is 11.3 Å². The molecule has 1 aromatic rings. The highest BCUT2D eigenvalue weighted by atomic mass is 32.2. The second kappa shape index (κ2) is 6.78. The number of rotatable bonds is 7. The smallest absolute Gasteiger partial charge is 0.346 e. The first-order chi connectivity index (χ1) is 7.65. The first-order valence-electron chi connectivity index (χ1n) is 4.78. The highest BCUT2D eigenvalue weighted by Gasteiger charge is 2.13. The van der Waals surface area contributed by atoms with Crippen molar-refractivity contribution in [2.24, 2.45) is 0 Å². The number of ether oxygens (including phenoxy) is 1. The maximum absolute atomic E-state index is 11.6. The van der Waals surface area contributed by atoms with E-state index in [-0.39, 0.29) is 0 Å². The molecule has 90 valence electrons.